The van der Waals surface area contributed by atoms with E-state index in [4.69, 9.17) is 16.7 Å². The number of aromatic carboxylic acids is 1. The van der Waals surface area contributed by atoms with E-state index in [0.717, 1.165) is 10.9 Å². The van der Waals surface area contributed by atoms with Gasteiger partial charge in [0.25, 0.3) is 0 Å². The fourth-order valence-corrected chi connectivity index (χ4v) is 1.78. The maximum Gasteiger partial charge on any atom is 0.337 e. The second kappa shape index (κ2) is 3.03. The third-order valence-corrected chi connectivity index (χ3v) is 2.64. The molecule has 0 saturated carbocycles. The summed E-state index contributed by atoms with van der Waals surface area (Å²) in [5, 5.41) is 9.91. The molecule has 0 amide bonds. The summed E-state index contributed by atoms with van der Waals surface area (Å²) in [5.41, 5.74) is 1.07. The smallest absolute Gasteiger partial charge is 0.337 e. The van der Waals surface area contributed by atoms with Crippen LogP contribution >= 0.6 is 11.6 Å². The summed E-state index contributed by atoms with van der Waals surface area (Å²) in [6.07, 6.45) is 1.85. The van der Waals surface area contributed by atoms with Gasteiger partial charge in [0, 0.05) is 24.1 Å². The first-order chi connectivity index (χ1) is 6.61. The Balaban J connectivity index is 2.82. The second-order valence-corrected chi connectivity index (χ2v) is 3.47. The lowest BCUT2D eigenvalue weighted by Gasteiger charge is -2.01. The van der Waals surface area contributed by atoms with Crippen molar-refractivity contribution in [2.24, 2.45) is 7.05 Å². The number of aryl methyl sites for hydroxylation is 1. The SMILES string of the molecule is Cn1ccc2c(Cl)c(C(=O)O)ccc21. The molecular weight excluding hydrogens is 202 g/mol. The Hall–Kier alpha value is -1.48. The fourth-order valence-electron chi connectivity index (χ4n) is 1.48. The van der Waals surface area contributed by atoms with Crippen LogP contribution in [0.4, 0.5) is 0 Å². The summed E-state index contributed by atoms with van der Waals surface area (Å²) >= 11 is 5.96. The lowest BCUT2D eigenvalue weighted by Crippen LogP contribution is -1.97. The number of hydrogen-bond acceptors (Lipinski definition) is 1. The minimum absolute atomic E-state index is 0.144. The molecule has 72 valence electrons. The largest absolute Gasteiger partial charge is 0.478 e. The third-order valence-electron chi connectivity index (χ3n) is 2.23. The van der Waals surface area contributed by atoms with Crippen LogP contribution in [0.2, 0.25) is 5.02 Å². The van der Waals surface area contributed by atoms with E-state index in [0.29, 0.717) is 5.02 Å². The van der Waals surface area contributed by atoms with Gasteiger partial charge in [-0.25, -0.2) is 4.79 Å². The Kier molecular flexibility index (Phi) is 1.97. The number of fused-ring (bicyclic) bond motifs is 1. The maximum absolute atomic E-state index is 10.8. The average Bonchev–Trinajstić information content (AvgIpc) is 2.49. The summed E-state index contributed by atoms with van der Waals surface area (Å²) in [7, 11) is 1.89. The van der Waals surface area contributed by atoms with Gasteiger partial charge < -0.3 is 9.67 Å². The zero-order valence-corrected chi connectivity index (χ0v) is 8.25. The molecule has 3 nitrogen and oxygen atoms in total. The summed E-state index contributed by atoms with van der Waals surface area (Å²) in [5.74, 6) is -0.999. The van der Waals surface area contributed by atoms with Gasteiger partial charge in [0.15, 0.2) is 0 Å². The van der Waals surface area contributed by atoms with E-state index in [-0.39, 0.29) is 5.56 Å². The maximum atomic E-state index is 10.8. The summed E-state index contributed by atoms with van der Waals surface area (Å²) < 4.78 is 1.90. The Morgan fingerprint density at radius 2 is 2.14 bits per heavy atom. The van der Waals surface area contributed by atoms with Crippen LogP contribution in [0.1, 0.15) is 10.4 Å². The number of hydrogen-bond donors (Lipinski definition) is 1. The molecule has 1 N–H and O–H groups in total. The van der Waals surface area contributed by atoms with Crippen LogP contribution in [-0.4, -0.2) is 15.6 Å². The molecule has 0 aliphatic rings. The molecule has 0 radical (unpaired) electrons. The quantitative estimate of drug-likeness (QED) is 0.784. The van der Waals surface area contributed by atoms with Gasteiger partial charge in [-0.3, -0.25) is 0 Å². The number of halogens is 1. The fraction of sp³-hybridized carbons (Fsp3) is 0.100. The molecule has 0 bridgehead atoms. The van der Waals surface area contributed by atoms with Crippen LogP contribution in [-0.2, 0) is 7.05 Å². The van der Waals surface area contributed by atoms with Crippen LogP contribution < -0.4 is 0 Å². The zero-order valence-electron chi connectivity index (χ0n) is 7.49. The predicted molar refractivity (Wildman–Crippen MR) is 54.9 cm³/mol. The second-order valence-electron chi connectivity index (χ2n) is 3.09. The highest BCUT2D eigenvalue weighted by atomic mass is 35.5. The van der Waals surface area contributed by atoms with Gasteiger partial charge in [0.1, 0.15) is 0 Å². The molecular formula is C10H8ClNO2. The van der Waals surface area contributed by atoms with Gasteiger partial charge in [-0.15, -0.1) is 0 Å². The number of carboxylic acid groups (broad SMARTS) is 1. The first-order valence-corrected chi connectivity index (χ1v) is 4.46. The summed E-state index contributed by atoms with van der Waals surface area (Å²) in [6.45, 7) is 0. The zero-order chi connectivity index (χ0) is 10.3. The molecule has 1 aromatic carbocycles. The Morgan fingerprint density at radius 1 is 1.43 bits per heavy atom. The molecule has 0 saturated heterocycles. The third kappa shape index (κ3) is 1.17. The number of rotatable bonds is 1. The van der Waals surface area contributed by atoms with Crippen molar-refractivity contribution in [1.29, 1.82) is 0 Å². The monoisotopic (exact) mass is 209 g/mol. The van der Waals surface area contributed by atoms with E-state index in [1.54, 1.807) is 6.07 Å². The van der Waals surface area contributed by atoms with Gasteiger partial charge in [0.2, 0.25) is 0 Å². The summed E-state index contributed by atoms with van der Waals surface area (Å²) in [6, 6.07) is 5.09. The highest BCUT2D eigenvalue weighted by molar-refractivity contribution is 6.38. The number of benzene rings is 1. The van der Waals surface area contributed by atoms with Crippen molar-refractivity contribution in [3.8, 4) is 0 Å². The Bertz CT molecular complexity index is 516. The molecule has 0 aliphatic carbocycles. The molecule has 0 unspecified atom stereocenters. The van der Waals surface area contributed by atoms with Crippen molar-refractivity contribution >= 4 is 28.5 Å². The topological polar surface area (TPSA) is 42.2 Å². The molecule has 0 fully saturated rings. The van der Waals surface area contributed by atoms with Crippen LogP contribution in [0.25, 0.3) is 10.9 Å². The van der Waals surface area contributed by atoms with Crippen molar-refractivity contribution in [3.05, 3.63) is 35.0 Å². The van der Waals surface area contributed by atoms with Crippen molar-refractivity contribution in [2.75, 3.05) is 0 Å². The van der Waals surface area contributed by atoms with Gasteiger partial charge in [0.05, 0.1) is 10.6 Å². The lowest BCUT2D eigenvalue weighted by atomic mass is 10.1. The highest BCUT2D eigenvalue weighted by Crippen LogP contribution is 2.27. The van der Waals surface area contributed by atoms with Crippen molar-refractivity contribution in [1.82, 2.24) is 4.57 Å². The highest BCUT2D eigenvalue weighted by Gasteiger charge is 2.12. The van der Waals surface area contributed by atoms with Crippen LogP contribution in [0.15, 0.2) is 24.4 Å². The van der Waals surface area contributed by atoms with Crippen molar-refractivity contribution in [3.63, 3.8) is 0 Å². The Labute approximate surface area is 85.5 Å². The van der Waals surface area contributed by atoms with E-state index in [2.05, 4.69) is 0 Å². The standard InChI is InChI=1S/C10H8ClNO2/c1-12-5-4-6-8(12)3-2-7(9(6)11)10(13)14/h2-5H,1H3,(H,13,14). The molecule has 0 spiro atoms. The predicted octanol–water partition coefficient (Wildman–Crippen LogP) is 2.53. The number of nitrogens with zero attached hydrogens (tertiary/aromatic N) is 1. The molecule has 14 heavy (non-hydrogen) atoms. The normalized spacial score (nSPS) is 10.7. The summed E-state index contributed by atoms with van der Waals surface area (Å²) in [4.78, 5) is 10.8. The first-order valence-electron chi connectivity index (χ1n) is 4.08. The van der Waals surface area contributed by atoms with Crippen LogP contribution in [0.5, 0.6) is 0 Å². The van der Waals surface area contributed by atoms with E-state index >= 15 is 0 Å². The average molecular weight is 210 g/mol. The van der Waals surface area contributed by atoms with E-state index in [1.807, 2.05) is 23.9 Å². The molecule has 1 aromatic heterocycles. The molecule has 0 atom stereocenters. The van der Waals surface area contributed by atoms with Gasteiger partial charge in [-0.05, 0) is 18.2 Å². The van der Waals surface area contributed by atoms with Gasteiger partial charge >= 0.3 is 5.97 Å². The van der Waals surface area contributed by atoms with Crippen molar-refractivity contribution in [2.45, 2.75) is 0 Å². The molecule has 2 rings (SSSR count). The molecule has 4 heteroatoms. The van der Waals surface area contributed by atoms with E-state index < -0.39 is 5.97 Å². The number of carbonyl (C=O) groups is 1. The van der Waals surface area contributed by atoms with Crippen LogP contribution in [0.3, 0.4) is 0 Å². The molecule has 1 heterocycles. The number of aromatic nitrogens is 1. The number of carboxylic acids is 1. The minimum Gasteiger partial charge on any atom is -0.478 e. The van der Waals surface area contributed by atoms with Gasteiger partial charge in [-0.1, -0.05) is 11.6 Å². The van der Waals surface area contributed by atoms with Crippen molar-refractivity contribution < 1.29 is 9.90 Å². The van der Waals surface area contributed by atoms with Gasteiger partial charge in [-0.2, -0.15) is 0 Å². The lowest BCUT2D eigenvalue weighted by molar-refractivity contribution is 0.0697. The van der Waals surface area contributed by atoms with Crippen LogP contribution in [0, 0.1) is 0 Å². The molecule has 2 aromatic rings. The minimum atomic E-state index is -0.999. The molecule has 0 aliphatic heterocycles. The first kappa shape index (κ1) is 9.09. The van der Waals surface area contributed by atoms with E-state index in [1.165, 1.54) is 6.07 Å². The van der Waals surface area contributed by atoms with E-state index in [9.17, 15) is 4.79 Å². The Morgan fingerprint density at radius 3 is 2.79 bits per heavy atom.